The third kappa shape index (κ3) is 5.19. The molecular formula is C13H16N2O6. The van der Waals surface area contributed by atoms with Gasteiger partial charge in [0.25, 0.3) is 5.69 Å². The van der Waals surface area contributed by atoms with Crippen molar-refractivity contribution in [1.82, 2.24) is 0 Å². The van der Waals surface area contributed by atoms with E-state index >= 15 is 0 Å². The van der Waals surface area contributed by atoms with Gasteiger partial charge >= 0.3 is 12.1 Å². The molecule has 0 amide bonds. The fraction of sp³-hybridized carbons (Fsp3) is 0.385. The lowest BCUT2D eigenvalue weighted by molar-refractivity contribution is -0.384. The summed E-state index contributed by atoms with van der Waals surface area (Å²) in [5, 5.41) is 10.5. The largest absolute Gasteiger partial charge is 0.516 e. The average molecular weight is 296 g/mol. The zero-order valence-electron chi connectivity index (χ0n) is 11.9. The third-order valence-electron chi connectivity index (χ3n) is 2.29. The SMILES string of the molecule is CC(C)(C)OC(=O)OC(=O)C(N)c1ccc([N+](=O)[O-])cc1. The van der Waals surface area contributed by atoms with Crippen LogP contribution in [0, 0.1) is 10.1 Å². The number of nitro benzene ring substituents is 1. The summed E-state index contributed by atoms with van der Waals surface area (Å²) in [6, 6.07) is 3.81. The number of non-ortho nitro benzene ring substituents is 1. The minimum Gasteiger partial charge on any atom is -0.428 e. The molecule has 0 aliphatic rings. The second-order valence-electron chi connectivity index (χ2n) is 5.21. The van der Waals surface area contributed by atoms with Crippen molar-refractivity contribution in [3.63, 3.8) is 0 Å². The second-order valence-corrected chi connectivity index (χ2v) is 5.21. The van der Waals surface area contributed by atoms with E-state index in [0.29, 0.717) is 0 Å². The first-order valence-corrected chi connectivity index (χ1v) is 6.05. The zero-order valence-corrected chi connectivity index (χ0v) is 11.9. The molecule has 8 nitrogen and oxygen atoms in total. The molecule has 1 aromatic rings. The van der Waals surface area contributed by atoms with E-state index in [1.54, 1.807) is 20.8 Å². The topological polar surface area (TPSA) is 122 Å². The summed E-state index contributed by atoms with van der Waals surface area (Å²) in [6.07, 6.45) is -1.15. The van der Waals surface area contributed by atoms with Gasteiger partial charge in [0.05, 0.1) is 4.92 Å². The van der Waals surface area contributed by atoms with Gasteiger partial charge in [0.1, 0.15) is 11.6 Å². The van der Waals surface area contributed by atoms with E-state index in [-0.39, 0.29) is 11.3 Å². The quantitative estimate of drug-likeness (QED) is 0.392. The number of ether oxygens (including phenoxy) is 2. The van der Waals surface area contributed by atoms with E-state index in [1.807, 2.05) is 0 Å². The van der Waals surface area contributed by atoms with Gasteiger partial charge in [0.15, 0.2) is 0 Å². The first-order chi connectivity index (χ1) is 9.60. The summed E-state index contributed by atoms with van der Waals surface area (Å²) < 4.78 is 9.28. The fourth-order valence-corrected chi connectivity index (χ4v) is 1.36. The molecule has 0 heterocycles. The molecule has 0 radical (unpaired) electrons. The third-order valence-corrected chi connectivity index (χ3v) is 2.29. The van der Waals surface area contributed by atoms with Gasteiger partial charge in [-0.3, -0.25) is 10.1 Å². The smallest absolute Gasteiger partial charge is 0.428 e. The number of esters is 1. The molecule has 0 aliphatic heterocycles. The Labute approximate surface area is 121 Å². The maximum absolute atomic E-state index is 11.7. The highest BCUT2D eigenvalue weighted by atomic mass is 16.7. The Morgan fingerprint density at radius 2 is 1.76 bits per heavy atom. The highest BCUT2D eigenvalue weighted by Crippen LogP contribution is 2.18. The van der Waals surface area contributed by atoms with E-state index < -0.39 is 28.7 Å². The van der Waals surface area contributed by atoms with Gasteiger partial charge in [-0.1, -0.05) is 12.1 Å². The summed E-state index contributed by atoms with van der Waals surface area (Å²) >= 11 is 0. The lowest BCUT2D eigenvalue weighted by Crippen LogP contribution is -2.30. The van der Waals surface area contributed by atoms with Crippen molar-refractivity contribution in [3.05, 3.63) is 39.9 Å². The zero-order chi connectivity index (χ0) is 16.2. The molecule has 0 aromatic heterocycles. The monoisotopic (exact) mass is 296 g/mol. The van der Waals surface area contributed by atoms with Crippen LogP contribution < -0.4 is 5.73 Å². The van der Waals surface area contributed by atoms with Gasteiger partial charge in [0.2, 0.25) is 0 Å². The van der Waals surface area contributed by atoms with Crippen molar-refractivity contribution in [2.45, 2.75) is 32.4 Å². The Kier molecular flexibility index (Phi) is 4.98. The van der Waals surface area contributed by atoms with Crippen molar-refractivity contribution in [1.29, 1.82) is 0 Å². The number of benzene rings is 1. The van der Waals surface area contributed by atoms with E-state index in [1.165, 1.54) is 24.3 Å². The predicted octanol–water partition coefficient (Wildman–Crippen LogP) is 2.07. The van der Waals surface area contributed by atoms with E-state index in [9.17, 15) is 19.7 Å². The van der Waals surface area contributed by atoms with E-state index in [4.69, 9.17) is 10.5 Å². The van der Waals surface area contributed by atoms with Gasteiger partial charge < -0.3 is 15.2 Å². The van der Waals surface area contributed by atoms with Crippen molar-refractivity contribution in [2.24, 2.45) is 5.73 Å². The van der Waals surface area contributed by atoms with Crippen LogP contribution in [0.5, 0.6) is 0 Å². The molecule has 1 aromatic carbocycles. The molecule has 1 unspecified atom stereocenters. The number of nitrogens with two attached hydrogens (primary N) is 1. The minimum absolute atomic E-state index is 0.133. The molecule has 0 aliphatic carbocycles. The molecular weight excluding hydrogens is 280 g/mol. The highest BCUT2D eigenvalue weighted by Gasteiger charge is 2.25. The Balaban J connectivity index is 2.70. The Morgan fingerprint density at radius 1 is 1.24 bits per heavy atom. The summed E-state index contributed by atoms with van der Waals surface area (Å²) in [5.41, 5.74) is 4.98. The van der Waals surface area contributed by atoms with Crippen LogP contribution in [0.2, 0.25) is 0 Å². The summed E-state index contributed by atoms with van der Waals surface area (Å²) in [7, 11) is 0. The molecule has 1 atom stereocenters. The number of nitrogens with zero attached hydrogens (tertiary/aromatic N) is 1. The fourth-order valence-electron chi connectivity index (χ4n) is 1.36. The maximum Gasteiger partial charge on any atom is 0.516 e. The molecule has 0 fully saturated rings. The highest BCUT2D eigenvalue weighted by molar-refractivity contribution is 5.86. The molecule has 114 valence electrons. The van der Waals surface area contributed by atoms with Gasteiger partial charge in [-0.2, -0.15) is 0 Å². The number of nitro groups is 1. The second kappa shape index (κ2) is 6.31. The number of hydrogen-bond acceptors (Lipinski definition) is 7. The van der Waals surface area contributed by atoms with Crippen molar-refractivity contribution in [2.75, 3.05) is 0 Å². The number of carbonyl (C=O) groups is 2. The first-order valence-electron chi connectivity index (χ1n) is 6.05. The van der Waals surface area contributed by atoms with Crippen molar-refractivity contribution >= 4 is 17.8 Å². The first kappa shape index (κ1) is 16.6. The summed E-state index contributed by atoms with van der Waals surface area (Å²) in [4.78, 5) is 33.0. The van der Waals surface area contributed by atoms with Crippen LogP contribution in [-0.2, 0) is 14.3 Å². The normalized spacial score (nSPS) is 12.4. The van der Waals surface area contributed by atoms with Crippen LogP contribution in [-0.4, -0.2) is 22.6 Å². The predicted molar refractivity (Wildman–Crippen MR) is 72.4 cm³/mol. The van der Waals surface area contributed by atoms with Crippen LogP contribution in [0.1, 0.15) is 32.4 Å². The molecule has 21 heavy (non-hydrogen) atoms. The Morgan fingerprint density at radius 3 is 2.19 bits per heavy atom. The number of carbonyl (C=O) groups excluding carboxylic acids is 2. The lowest BCUT2D eigenvalue weighted by atomic mass is 10.1. The van der Waals surface area contributed by atoms with Crippen LogP contribution in [0.4, 0.5) is 10.5 Å². The molecule has 8 heteroatoms. The van der Waals surface area contributed by atoms with E-state index in [2.05, 4.69) is 4.74 Å². The molecule has 2 N–H and O–H groups in total. The molecule has 0 saturated carbocycles. The standard InChI is InChI=1S/C13H16N2O6/c1-13(2,3)21-12(17)20-11(16)10(14)8-4-6-9(7-5-8)15(18)19/h4-7,10H,14H2,1-3H3. The average Bonchev–Trinajstić information content (AvgIpc) is 2.35. The maximum atomic E-state index is 11.7. The van der Waals surface area contributed by atoms with Crippen LogP contribution >= 0.6 is 0 Å². The van der Waals surface area contributed by atoms with Gasteiger partial charge in [-0.15, -0.1) is 0 Å². The Bertz CT molecular complexity index is 547. The molecule has 0 saturated heterocycles. The van der Waals surface area contributed by atoms with Crippen molar-refractivity contribution < 1.29 is 24.0 Å². The Hall–Kier alpha value is -2.48. The van der Waals surface area contributed by atoms with Crippen LogP contribution in [0.25, 0.3) is 0 Å². The van der Waals surface area contributed by atoms with E-state index in [0.717, 1.165) is 0 Å². The minimum atomic E-state index is -1.24. The summed E-state index contributed by atoms with van der Waals surface area (Å²) in [5.74, 6) is -1.00. The summed E-state index contributed by atoms with van der Waals surface area (Å²) in [6.45, 7) is 4.86. The van der Waals surface area contributed by atoms with Gasteiger partial charge in [-0.05, 0) is 26.3 Å². The molecule has 0 spiro atoms. The number of rotatable bonds is 3. The molecule has 0 bridgehead atoms. The van der Waals surface area contributed by atoms with Gasteiger partial charge in [0, 0.05) is 12.1 Å². The molecule has 1 rings (SSSR count). The van der Waals surface area contributed by atoms with Crippen LogP contribution in [0.15, 0.2) is 24.3 Å². The van der Waals surface area contributed by atoms with Crippen LogP contribution in [0.3, 0.4) is 0 Å². The van der Waals surface area contributed by atoms with Gasteiger partial charge in [-0.25, -0.2) is 9.59 Å². The lowest BCUT2D eigenvalue weighted by Gasteiger charge is -2.19. The number of hydrogen-bond donors (Lipinski definition) is 1. The van der Waals surface area contributed by atoms with Crippen molar-refractivity contribution in [3.8, 4) is 0 Å².